The number of carbonyl (C=O) groups excluding carboxylic acids is 1. The topological polar surface area (TPSA) is 57.0 Å². The van der Waals surface area contributed by atoms with Crippen molar-refractivity contribution in [3.05, 3.63) is 28.0 Å². The molecule has 0 saturated heterocycles. The van der Waals surface area contributed by atoms with Crippen molar-refractivity contribution in [2.75, 3.05) is 6.61 Å². The Kier molecular flexibility index (Phi) is 3.47. The highest BCUT2D eigenvalue weighted by Crippen LogP contribution is 2.23. The second-order valence-corrected chi connectivity index (χ2v) is 4.95. The van der Waals surface area contributed by atoms with Gasteiger partial charge in [0.1, 0.15) is 4.88 Å². The van der Waals surface area contributed by atoms with Gasteiger partial charge in [0, 0.05) is 5.69 Å². The minimum atomic E-state index is -0.319. The van der Waals surface area contributed by atoms with Crippen molar-refractivity contribution in [3.8, 4) is 5.13 Å². The zero-order valence-corrected chi connectivity index (χ0v) is 11.7. The lowest BCUT2D eigenvalue weighted by molar-refractivity contribution is 0.0531. The molecule has 2 aromatic rings. The van der Waals surface area contributed by atoms with Gasteiger partial charge in [-0.15, -0.1) is 0 Å². The van der Waals surface area contributed by atoms with Crippen LogP contribution in [0, 0.1) is 20.8 Å². The quantitative estimate of drug-likeness (QED) is 0.800. The number of thiazole rings is 1. The fourth-order valence-electron chi connectivity index (χ4n) is 1.68. The van der Waals surface area contributed by atoms with Crippen molar-refractivity contribution in [1.82, 2.24) is 14.8 Å². The molecule has 0 saturated carbocycles. The molecular weight excluding hydrogens is 250 g/mol. The van der Waals surface area contributed by atoms with Gasteiger partial charge in [-0.25, -0.2) is 14.5 Å². The van der Waals surface area contributed by atoms with Gasteiger partial charge in [0.2, 0.25) is 5.13 Å². The molecule has 5 nitrogen and oxygen atoms in total. The monoisotopic (exact) mass is 265 g/mol. The minimum absolute atomic E-state index is 0.319. The van der Waals surface area contributed by atoms with Crippen LogP contribution in [-0.2, 0) is 4.74 Å². The van der Waals surface area contributed by atoms with E-state index in [4.69, 9.17) is 4.74 Å². The van der Waals surface area contributed by atoms with E-state index < -0.39 is 0 Å². The van der Waals surface area contributed by atoms with Gasteiger partial charge < -0.3 is 4.74 Å². The number of aromatic nitrogens is 3. The molecule has 0 spiro atoms. The van der Waals surface area contributed by atoms with Crippen molar-refractivity contribution in [2.45, 2.75) is 27.7 Å². The molecule has 0 radical (unpaired) electrons. The fourth-order valence-corrected chi connectivity index (χ4v) is 2.65. The first-order chi connectivity index (χ1) is 8.52. The lowest BCUT2D eigenvalue weighted by atomic mass is 10.4. The molecule has 6 heteroatoms. The number of hydrogen-bond donors (Lipinski definition) is 0. The number of hydrogen-bond acceptors (Lipinski definition) is 5. The second-order valence-electron chi connectivity index (χ2n) is 3.97. The van der Waals surface area contributed by atoms with Gasteiger partial charge in [-0.2, -0.15) is 5.10 Å². The van der Waals surface area contributed by atoms with Gasteiger partial charge in [0.15, 0.2) is 0 Å². The number of rotatable bonds is 3. The average molecular weight is 265 g/mol. The zero-order chi connectivity index (χ0) is 13.3. The summed E-state index contributed by atoms with van der Waals surface area (Å²) >= 11 is 1.30. The molecule has 2 rings (SSSR count). The van der Waals surface area contributed by atoms with E-state index in [1.54, 1.807) is 18.5 Å². The zero-order valence-electron chi connectivity index (χ0n) is 10.9. The van der Waals surface area contributed by atoms with Crippen LogP contribution in [0.25, 0.3) is 5.13 Å². The first kappa shape index (κ1) is 12.8. The van der Waals surface area contributed by atoms with Crippen LogP contribution >= 0.6 is 11.3 Å². The van der Waals surface area contributed by atoms with E-state index in [2.05, 4.69) is 10.1 Å². The number of esters is 1. The molecule has 96 valence electrons. The molecular formula is C12H15N3O2S. The number of aryl methyl sites for hydroxylation is 3. The predicted octanol–water partition coefficient (Wildman–Crippen LogP) is 2.43. The van der Waals surface area contributed by atoms with Gasteiger partial charge >= 0.3 is 5.97 Å². The lowest BCUT2D eigenvalue weighted by Crippen LogP contribution is -2.03. The maximum Gasteiger partial charge on any atom is 0.350 e. The van der Waals surface area contributed by atoms with Gasteiger partial charge in [-0.3, -0.25) is 0 Å². The molecule has 0 fully saturated rings. The van der Waals surface area contributed by atoms with Crippen molar-refractivity contribution in [2.24, 2.45) is 0 Å². The van der Waals surface area contributed by atoms with Crippen molar-refractivity contribution in [1.29, 1.82) is 0 Å². The molecule has 0 aliphatic rings. The molecule has 0 atom stereocenters. The molecule has 0 aromatic carbocycles. The Morgan fingerprint density at radius 2 is 2.17 bits per heavy atom. The predicted molar refractivity (Wildman–Crippen MR) is 69.4 cm³/mol. The van der Waals surface area contributed by atoms with Crippen LogP contribution in [0.5, 0.6) is 0 Å². The van der Waals surface area contributed by atoms with E-state index in [1.165, 1.54) is 11.3 Å². The summed E-state index contributed by atoms with van der Waals surface area (Å²) in [5.41, 5.74) is 2.61. The van der Waals surface area contributed by atoms with Crippen LogP contribution in [0.3, 0.4) is 0 Å². The van der Waals surface area contributed by atoms with Crippen LogP contribution in [-0.4, -0.2) is 27.3 Å². The highest BCUT2D eigenvalue weighted by Gasteiger charge is 2.18. The van der Waals surface area contributed by atoms with Crippen LogP contribution < -0.4 is 0 Å². The molecule has 0 unspecified atom stereocenters. The van der Waals surface area contributed by atoms with Crippen molar-refractivity contribution in [3.63, 3.8) is 0 Å². The average Bonchev–Trinajstić information content (AvgIpc) is 2.82. The Balaban J connectivity index is 2.40. The normalized spacial score (nSPS) is 10.7. The van der Waals surface area contributed by atoms with Crippen LogP contribution in [0.1, 0.15) is 33.7 Å². The summed E-state index contributed by atoms with van der Waals surface area (Å²) < 4.78 is 6.74. The van der Waals surface area contributed by atoms with E-state index in [0.717, 1.165) is 11.4 Å². The molecule has 2 heterocycles. The lowest BCUT2D eigenvalue weighted by Gasteiger charge is -1.98. The minimum Gasteiger partial charge on any atom is -0.462 e. The smallest absolute Gasteiger partial charge is 0.350 e. The summed E-state index contributed by atoms with van der Waals surface area (Å²) in [4.78, 5) is 16.6. The van der Waals surface area contributed by atoms with Crippen LogP contribution in [0.4, 0.5) is 0 Å². The molecule has 0 amide bonds. The molecule has 0 bridgehead atoms. The summed E-state index contributed by atoms with van der Waals surface area (Å²) in [5, 5.41) is 5.05. The Morgan fingerprint density at radius 1 is 1.44 bits per heavy atom. The van der Waals surface area contributed by atoms with E-state index in [0.29, 0.717) is 22.3 Å². The summed E-state index contributed by atoms with van der Waals surface area (Å²) in [6, 6.07) is 1.97. The maximum absolute atomic E-state index is 11.7. The molecule has 2 aromatic heterocycles. The maximum atomic E-state index is 11.7. The summed E-state index contributed by atoms with van der Waals surface area (Å²) in [6.07, 6.45) is 0. The van der Waals surface area contributed by atoms with Crippen LogP contribution in [0.15, 0.2) is 6.07 Å². The summed E-state index contributed by atoms with van der Waals surface area (Å²) in [6.45, 7) is 7.84. The van der Waals surface area contributed by atoms with E-state index in [-0.39, 0.29) is 5.97 Å². The standard InChI is InChI=1S/C12H15N3O2S/c1-5-17-11(16)10-9(4)13-12(18-10)15-8(3)6-7(2)14-15/h6H,5H2,1-4H3. The van der Waals surface area contributed by atoms with Gasteiger partial charge in [-0.05, 0) is 33.8 Å². The van der Waals surface area contributed by atoms with E-state index in [1.807, 2.05) is 19.9 Å². The molecule has 0 aliphatic heterocycles. The summed E-state index contributed by atoms with van der Waals surface area (Å²) in [5.74, 6) is -0.319. The first-order valence-electron chi connectivity index (χ1n) is 5.71. The largest absolute Gasteiger partial charge is 0.462 e. The first-order valence-corrected chi connectivity index (χ1v) is 6.52. The Morgan fingerprint density at radius 3 is 2.72 bits per heavy atom. The Hall–Kier alpha value is -1.69. The highest BCUT2D eigenvalue weighted by atomic mass is 32.1. The summed E-state index contributed by atoms with van der Waals surface area (Å²) in [7, 11) is 0. The third-order valence-electron chi connectivity index (χ3n) is 2.44. The third kappa shape index (κ3) is 2.28. The third-order valence-corrected chi connectivity index (χ3v) is 3.55. The Bertz CT molecular complexity index is 586. The van der Waals surface area contributed by atoms with Crippen LogP contribution in [0.2, 0.25) is 0 Å². The number of ether oxygens (including phenoxy) is 1. The van der Waals surface area contributed by atoms with Gasteiger partial charge in [-0.1, -0.05) is 11.3 Å². The highest BCUT2D eigenvalue weighted by molar-refractivity contribution is 7.16. The second kappa shape index (κ2) is 4.89. The fraction of sp³-hybridized carbons (Fsp3) is 0.417. The molecule has 0 N–H and O–H groups in total. The number of nitrogens with zero attached hydrogens (tertiary/aromatic N) is 3. The van der Waals surface area contributed by atoms with Crippen molar-refractivity contribution >= 4 is 17.3 Å². The SMILES string of the molecule is CCOC(=O)c1sc(-n2nc(C)cc2C)nc1C. The van der Waals surface area contributed by atoms with E-state index in [9.17, 15) is 4.79 Å². The molecule has 0 aliphatic carbocycles. The van der Waals surface area contributed by atoms with Crippen molar-refractivity contribution < 1.29 is 9.53 Å². The van der Waals surface area contributed by atoms with E-state index >= 15 is 0 Å². The van der Waals surface area contributed by atoms with Gasteiger partial charge in [0.25, 0.3) is 0 Å². The van der Waals surface area contributed by atoms with Gasteiger partial charge in [0.05, 0.1) is 18.0 Å². The molecule has 18 heavy (non-hydrogen) atoms. The Labute approximate surface area is 109 Å². The number of carbonyl (C=O) groups is 1.